The Bertz CT molecular complexity index is 1120. The van der Waals surface area contributed by atoms with Gasteiger partial charge in [-0.25, -0.2) is 0 Å². The van der Waals surface area contributed by atoms with Gasteiger partial charge in [-0.1, -0.05) is 56.3 Å². The minimum absolute atomic E-state index is 0.0519. The highest BCUT2D eigenvalue weighted by Crippen LogP contribution is 2.55. The van der Waals surface area contributed by atoms with Crippen LogP contribution >= 0.6 is 0 Å². The van der Waals surface area contributed by atoms with E-state index in [0.29, 0.717) is 0 Å². The third kappa shape index (κ3) is 1.51. The lowest BCUT2D eigenvalue weighted by molar-refractivity contribution is 0.416. The van der Waals surface area contributed by atoms with E-state index in [-0.39, 0.29) is 5.41 Å². The molecule has 0 unspecified atom stereocenters. The first-order chi connectivity index (χ1) is 11.6. The van der Waals surface area contributed by atoms with Gasteiger partial charge in [0.1, 0.15) is 5.75 Å². The Kier molecular flexibility index (Phi) is 2.52. The van der Waals surface area contributed by atoms with Gasteiger partial charge < -0.3 is 9.72 Å². The molecule has 0 atom stereocenters. The van der Waals surface area contributed by atoms with Gasteiger partial charge >= 0.3 is 0 Å². The lowest BCUT2D eigenvalue weighted by Crippen LogP contribution is -2.15. The molecule has 1 heterocycles. The topological polar surface area (TPSA) is 25.0 Å². The predicted molar refractivity (Wildman–Crippen MR) is 99.9 cm³/mol. The molecule has 24 heavy (non-hydrogen) atoms. The molecule has 0 amide bonds. The third-order valence-corrected chi connectivity index (χ3v) is 5.47. The Morgan fingerprint density at radius 3 is 2.50 bits per heavy atom. The second-order valence-electron chi connectivity index (χ2n) is 7.09. The number of nitrogens with one attached hydrogen (secondary N) is 1. The Labute approximate surface area is 141 Å². The fourth-order valence-corrected chi connectivity index (χ4v) is 4.43. The van der Waals surface area contributed by atoms with E-state index >= 15 is 0 Å². The summed E-state index contributed by atoms with van der Waals surface area (Å²) in [6.45, 7) is 4.64. The molecule has 1 aliphatic carbocycles. The SMILES string of the molecule is COc1cc2[nH]c3ccccc3c2c2c1-c1ccccc1C2(C)C. The minimum Gasteiger partial charge on any atom is -0.496 e. The van der Waals surface area contributed by atoms with E-state index in [9.17, 15) is 0 Å². The van der Waals surface area contributed by atoms with Crippen LogP contribution in [-0.4, -0.2) is 12.1 Å². The number of benzene rings is 3. The number of methoxy groups -OCH3 is 1. The Morgan fingerprint density at radius 1 is 0.917 bits per heavy atom. The molecule has 2 heteroatoms. The van der Waals surface area contributed by atoms with Crippen LogP contribution in [0.25, 0.3) is 32.9 Å². The van der Waals surface area contributed by atoms with Gasteiger partial charge in [-0.2, -0.15) is 0 Å². The maximum atomic E-state index is 5.79. The molecule has 5 rings (SSSR count). The molecule has 0 spiro atoms. The molecule has 0 saturated heterocycles. The molecule has 4 aromatic rings. The zero-order valence-corrected chi connectivity index (χ0v) is 14.1. The van der Waals surface area contributed by atoms with Crippen molar-refractivity contribution in [1.29, 1.82) is 0 Å². The number of hydrogen-bond acceptors (Lipinski definition) is 1. The predicted octanol–water partition coefficient (Wildman–Crippen LogP) is 5.64. The van der Waals surface area contributed by atoms with Crippen molar-refractivity contribution in [3.8, 4) is 16.9 Å². The first kappa shape index (κ1) is 13.7. The number of fused-ring (bicyclic) bond motifs is 7. The van der Waals surface area contributed by atoms with Crippen molar-refractivity contribution >= 4 is 21.8 Å². The highest BCUT2D eigenvalue weighted by atomic mass is 16.5. The van der Waals surface area contributed by atoms with Crippen LogP contribution in [-0.2, 0) is 5.41 Å². The monoisotopic (exact) mass is 313 g/mol. The molecule has 1 N–H and O–H groups in total. The zero-order chi connectivity index (χ0) is 16.5. The van der Waals surface area contributed by atoms with E-state index in [0.717, 1.165) is 11.3 Å². The van der Waals surface area contributed by atoms with Gasteiger partial charge in [-0.15, -0.1) is 0 Å². The summed E-state index contributed by atoms with van der Waals surface area (Å²) in [5.41, 5.74) is 7.55. The number of H-pyrrole nitrogens is 1. The fourth-order valence-electron chi connectivity index (χ4n) is 4.43. The van der Waals surface area contributed by atoms with Crippen LogP contribution in [0.4, 0.5) is 0 Å². The van der Waals surface area contributed by atoms with E-state index in [4.69, 9.17) is 4.74 Å². The molecule has 3 aromatic carbocycles. The van der Waals surface area contributed by atoms with Crippen LogP contribution in [0.15, 0.2) is 54.6 Å². The molecule has 0 bridgehead atoms. The molecule has 0 saturated carbocycles. The summed E-state index contributed by atoms with van der Waals surface area (Å²) in [4.78, 5) is 3.57. The first-order valence-electron chi connectivity index (χ1n) is 8.34. The summed E-state index contributed by atoms with van der Waals surface area (Å²) >= 11 is 0. The van der Waals surface area contributed by atoms with Gasteiger partial charge in [-0.3, -0.25) is 0 Å². The van der Waals surface area contributed by atoms with Crippen molar-refractivity contribution < 1.29 is 4.74 Å². The third-order valence-electron chi connectivity index (χ3n) is 5.47. The van der Waals surface area contributed by atoms with Gasteiger partial charge in [-0.05, 0) is 22.8 Å². The largest absolute Gasteiger partial charge is 0.496 e. The second-order valence-corrected chi connectivity index (χ2v) is 7.09. The van der Waals surface area contributed by atoms with E-state index in [1.165, 1.54) is 38.5 Å². The number of aromatic amines is 1. The Morgan fingerprint density at radius 2 is 1.67 bits per heavy atom. The van der Waals surface area contributed by atoms with Crippen molar-refractivity contribution in [2.45, 2.75) is 19.3 Å². The van der Waals surface area contributed by atoms with Gasteiger partial charge in [0.25, 0.3) is 0 Å². The molecule has 2 nitrogen and oxygen atoms in total. The summed E-state index contributed by atoms with van der Waals surface area (Å²) < 4.78 is 5.79. The van der Waals surface area contributed by atoms with Gasteiger partial charge in [0.2, 0.25) is 0 Å². The molecule has 0 radical (unpaired) electrons. The van der Waals surface area contributed by atoms with Gasteiger partial charge in [0, 0.05) is 33.3 Å². The maximum Gasteiger partial charge on any atom is 0.129 e. The van der Waals surface area contributed by atoms with Crippen LogP contribution < -0.4 is 4.74 Å². The van der Waals surface area contributed by atoms with Gasteiger partial charge in [0.15, 0.2) is 0 Å². The minimum atomic E-state index is -0.0519. The van der Waals surface area contributed by atoms with Crippen LogP contribution in [0.5, 0.6) is 5.75 Å². The van der Waals surface area contributed by atoms with Crippen molar-refractivity contribution in [1.82, 2.24) is 4.98 Å². The number of hydrogen-bond donors (Lipinski definition) is 1. The maximum absolute atomic E-state index is 5.79. The highest BCUT2D eigenvalue weighted by molar-refractivity contribution is 6.13. The summed E-state index contributed by atoms with van der Waals surface area (Å²) in [7, 11) is 1.76. The number of para-hydroxylation sites is 1. The summed E-state index contributed by atoms with van der Waals surface area (Å²) in [5, 5.41) is 2.61. The molecule has 0 fully saturated rings. The summed E-state index contributed by atoms with van der Waals surface area (Å²) in [5.74, 6) is 0.946. The average molecular weight is 313 g/mol. The van der Waals surface area contributed by atoms with Gasteiger partial charge in [0.05, 0.1) is 12.6 Å². The quantitative estimate of drug-likeness (QED) is 0.483. The molecule has 1 aliphatic rings. The zero-order valence-electron chi connectivity index (χ0n) is 14.1. The smallest absolute Gasteiger partial charge is 0.129 e. The highest BCUT2D eigenvalue weighted by Gasteiger charge is 2.39. The lowest BCUT2D eigenvalue weighted by atomic mass is 9.80. The molecule has 0 aliphatic heterocycles. The molecular formula is C22H19NO. The van der Waals surface area contributed by atoms with Crippen LogP contribution in [0.3, 0.4) is 0 Å². The van der Waals surface area contributed by atoms with Crippen LogP contribution in [0.2, 0.25) is 0 Å². The summed E-state index contributed by atoms with van der Waals surface area (Å²) in [6.07, 6.45) is 0. The van der Waals surface area contributed by atoms with Crippen LogP contribution in [0.1, 0.15) is 25.0 Å². The van der Waals surface area contributed by atoms with E-state index in [1.807, 2.05) is 0 Å². The van der Waals surface area contributed by atoms with Crippen LogP contribution in [0, 0.1) is 0 Å². The van der Waals surface area contributed by atoms with Crippen molar-refractivity contribution in [2.24, 2.45) is 0 Å². The first-order valence-corrected chi connectivity index (χ1v) is 8.34. The average Bonchev–Trinajstić information content (AvgIpc) is 3.08. The van der Waals surface area contributed by atoms with Crippen molar-refractivity contribution in [3.05, 3.63) is 65.7 Å². The Hall–Kier alpha value is -2.74. The van der Waals surface area contributed by atoms with E-state index in [2.05, 4.69) is 73.4 Å². The normalized spacial score (nSPS) is 14.8. The summed E-state index contributed by atoms with van der Waals surface area (Å²) in [6, 6.07) is 19.4. The molecular weight excluding hydrogens is 294 g/mol. The lowest BCUT2D eigenvalue weighted by Gasteiger charge is -2.23. The standard InChI is InChI=1S/C22H19NO/c1-22(2)15-10-6-4-8-13(15)20-18(24-3)12-17-19(21(20)22)14-9-5-7-11-16(14)23-17/h4-12,23H,1-3H3. The van der Waals surface area contributed by atoms with E-state index < -0.39 is 0 Å². The van der Waals surface area contributed by atoms with Crippen molar-refractivity contribution in [2.75, 3.05) is 7.11 Å². The number of rotatable bonds is 1. The number of aromatic nitrogens is 1. The van der Waals surface area contributed by atoms with Crippen molar-refractivity contribution in [3.63, 3.8) is 0 Å². The Balaban J connectivity index is 2.06. The number of ether oxygens (including phenoxy) is 1. The fraction of sp³-hybridized carbons (Fsp3) is 0.182. The second kappa shape index (κ2) is 4.41. The van der Waals surface area contributed by atoms with E-state index in [1.54, 1.807) is 7.11 Å². The molecule has 118 valence electrons. The molecule has 1 aromatic heterocycles.